The monoisotopic (exact) mass is 530 g/mol. The van der Waals surface area contributed by atoms with E-state index in [9.17, 15) is 24.2 Å². The molecule has 0 radical (unpaired) electrons. The van der Waals surface area contributed by atoms with Gasteiger partial charge in [-0.1, -0.05) is 17.7 Å². The molecule has 2 aromatic rings. The molecule has 1 saturated heterocycles. The summed E-state index contributed by atoms with van der Waals surface area (Å²) in [6.45, 7) is 3.72. The van der Waals surface area contributed by atoms with Crippen molar-refractivity contribution in [1.29, 1.82) is 0 Å². The lowest BCUT2D eigenvalue weighted by atomic mass is 10.1. The number of morpholine rings is 1. The SMILES string of the molecule is O=C(NCCCCC(O)CN1CCOCC1)Nc1snc(OCc2ccc(Cl)cc2F)c1C(=O)O. The fraction of sp³-hybridized carbons (Fsp3) is 0.500. The van der Waals surface area contributed by atoms with Gasteiger partial charge in [-0.2, -0.15) is 4.37 Å². The van der Waals surface area contributed by atoms with Crippen LogP contribution in [-0.2, 0) is 11.3 Å². The highest BCUT2D eigenvalue weighted by Crippen LogP contribution is 2.31. The normalized spacial score (nSPS) is 14.9. The van der Waals surface area contributed by atoms with Gasteiger partial charge in [0.2, 0.25) is 5.88 Å². The Labute approximate surface area is 211 Å². The molecule has 35 heavy (non-hydrogen) atoms. The summed E-state index contributed by atoms with van der Waals surface area (Å²) in [5.41, 5.74) is -0.133. The molecule has 1 aromatic heterocycles. The van der Waals surface area contributed by atoms with Crippen LogP contribution in [0.5, 0.6) is 5.88 Å². The van der Waals surface area contributed by atoms with E-state index in [1.54, 1.807) is 0 Å². The van der Waals surface area contributed by atoms with E-state index in [1.807, 2.05) is 0 Å². The van der Waals surface area contributed by atoms with E-state index in [2.05, 4.69) is 19.9 Å². The van der Waals surface area contributed by atoms with E-state index in [0.29, 0.717) is 39.1 Å². The van der Waals surface area contributed by atoms with Crippen molar-refractivity contribution >= 4 is 40.1 Å². The highest BCUT2D eigenvalue weighted by Gasteiger charge is 2.24. The second kappa shape index (κ2) is 13.5. The number of amides is 2. The number of carboxylic acid groups (broad SMARTS) is 1. The Morgan fingerprint density at radius 1 is 1.31 bits per heavy atom. The summed E-state index contributed by atoms with van der Waals surface area (Å²) in [7, 11) is 0. The number of unbranched alkanes of at least 4 members (excludes halogenated alkanes) is 1. The minimum atomic E-state index is -1.34. The number of urea groups is 1. The first-order valence-electron chi connectivity index (χ1n) is 11.2. The largest absolute Gasteiger partial charge is 0.477 e. The smallest absolute Gasteiger partial charge is 0.344 e. The van der Waals surface area contributed by atoms with Crippen LogP contribution in [0.3, 0.4) is 0 Å². The number of aromatic nitrogens is 1. The highest BCUT2D eigenvalue weighted by atomic mass is 35.5. The van der Waals surface area contributed by atoms with Crippen molar-refractivity contribution in [3.05, 3.63) is 40.2 Å². The molecule has 192 valence electrons. The maximum atomic E-state index is 13.9. The minimum Gasteiger partial charge on any atom is -0.477 e. The molecule has 1 aliphatic heterocycles. The van der Waals surface area contributed by atoms with Crippen LogP contribution in [0.15, 0.2) is 18.2 Å². The highest BCUT2D eigenvalue weighted by molar-refractivity contribution is 7.11. The second-order valence-electron chi connectivity index (χ2n) is 7.96. The first-order valence-corrected chi connectivity index (χ1v) is 12.3. The number of halogens is 2. The van der Waals surface area contributed by atoms with Gasteiger partial charge in [-0.15, -0.1) is 0 Å². The zero-order chi connectivity index (χ0) is 25.2. The Morgan fingerprint density at radius 3 is 2.80 bits per heavy atom. The van der Waals surface area contributed by atoms with Crippen molar-refractivity contribution in [3.63, 3.8) is 0 Å². The Hall–Kier alpha value is -2.51. The number of ether oxygens (including phenoxy) is 2. The summed E-state index contributed by atoms with van der Waals surface area (Å²) >= 11 is 6.47. The summed E-state index contributed by atoms with van der Waals surface area (Å²) in [6, 6.07) is 3.46. The van der Waals surface area contributed by atoms with Gasteiger partial charge in [0.1, 0.15) is 17.4 Å². The number of aliphatic hydroxyl groups is 1. The average Bonchev–Trinajstić information content (AvgIpc) is 3.21. The number of carboxylic acids is 1. The van der Waals surface area contributed by atoms with Gasteiger partial charge in [-0.25, -0.2) is 14.0 Å². The van der Waals surface area contributed by atoms with E-state index in [1.165, 1.54) is 12.1 Å². The minimum absolute atomic E-state index is 0.00233. The number of nitrogens with zero attached hydrogens (tertiary/aromatic N) is 2. The lowest BCUT2D eigenvalue weighted by molar-refractivity contribution is 0.0128. The lowest BCUT2D eigenvalue weighted by Crippen LogP contribution is -2.40. The summed E-state index contributed by atoms with van der Waals surface area (Å²) in [5.74, 6) is -2.15. The Bertz CT molecular complexity index is 1000. The first kappa shape index (κ1) is 27.1. The molecule has 0 aliphatic carbocycles. The van der Waals surface area contributed by atoms with Gasteiger partial charge in [0.15, 0.2) is 5.56 Å². The van der Waals surface area contributed by atoms with Crippen molar-refractivity contribution in [2.24, 2.45) is 0 Å². The van der Waals surface area contributed by atoms with Crippen molar-refractivity contribution < 1.29 is 33.7 Å². The van der Waals surface area contributed by atoms with Crippen molar-refractivity contribution in [1.82, 2.24) is 14.6 Å². The summed E-state index contributed by atoms with van der Waals surface area (Å²) in [6.07, 6.45) is 1.57. The standard InChI is InChI=1S/C22H28ClFN4O6S/c23-15-5-4-14(17(24)11-15)13-34-19-18(21(30)31)20(35-27-19)26-22(32)25-6-2-1-3-16(29)12-28-7-9-33-10-8-28/h4-5,11,16,29H,1-3,6-10,12-13H2,(H,30,31)(H2,25,26,32). The number of aromatic carboxylic acids is 1. The molecule has 1 fully saturated rings. The number of β-amino-alcohol motifs (C(OH)–C–C–N with tert-alkyl or cyclic N) is 1. The maximum absolute atomic E-state index is 13.9. The van der Waals surface area contributed by atoms with Gasteiger partial charge in [0.25, 0.3) is 0 Å². The van der Waals surface area contributed by atoms with Crippen LogP contribution >= 0.6 is 23.1 Å². The van der Waals surface area contributed by atoms with Crippen molar-refractivity contribution in [3.8, 4) is 5.88 Å². The number of carbonyl (C=O) groups excluding carboxylic acids is 1. The molecule has 3 rings (SSSR count). The van der Waals surface area contributed by atoms with E-state index in [-0.39, 0.29) is 33.6 Å². The van der Waals surface area contributed by atoms with Crippen LogP contribution in [0, 0.1) is 5.82 Å². The molecule has 1 aliphatic rings. The van der Waals surface area contributed by atoms with E-state index < -0.39 is 23.9 Å². The number of rotatable bonds is 12. The fourth-order valence-electron chi connectivity index (χ4n) is 3.46. The van der Waals surface area contributed by atoms with Crippen molar-refractivity contribution in [2.75, 3.05) is 44.7 Å². The molecule has 1 atom stereocenters. The quantitative estimate of drug-likeness (QED) is 0.307. The third kappa shape index (κ3) is 8.58. The Balaban J connectivity index is 1.41. The predicted octanol–water partition coefficient (Wildman–Crippen LogP) is 3.20. The first-order chi connectivity index (χ1) is 16.8. The third-order valence-electron chi connectivity index (χ3n) is 5.30. The number of aliphatic hydroxyl groups excluding tert-OH is 1. The molecular formula is C22H28ClFN4O6S. The number of nitrogens with one attached hydrogen (secondary N) is 2. The van der Waals surface area contributed by atoms with Crippen LogP contribution in [0.1, 0.15) is 35.2 Å². The van der Waals surface area contributed by atoms with Gasteiger partial charge in [-0.05, 0) is 42.9 Å². The number of carbonyl (C=O) groups is 2. The Kier molecular flexibility index (Phi) is 10.5. The third-order valence-corrected chi connectivity index (χ3v) is 6.28. The van der Waals surface area contributed by atoms with Gasteiger partial charge >= 0.3 is 12.0 Å². The molecule has 0 saturated carbocycles. The number of hydrogen-bond donors (Lipinski definition) is 4. The van der Waals surface area contributed by atoms with Gasteiger partial charge in [0, 0.05) is 36.8 Å². The molecule has 1 unspecified atom stereocenters. The van der Waals surface area contributed by atoms with Gasteiger partial charge < -0.3 is 25.0 Å². The maximum Gasteiger partial charge on any atom is 0.344 e. The second-order valence-corrected chi connectivity index (χ2v) is 9.17. The Morgan fingerprint density at radius 2 is 2.09 bits per heavy atom. The van der Waals surface area contributed by atoms with Gasteiger partial charge in [-0.3, -0.25) is 10.2 Å². The average molecular weight is 531 g/mol. The lowest BCUT2D eigenvalue weighted by Gasteiger charge is -2.28. The molecule has 13 heteroatoms. The van der Waals surface area contributed by atoms with Gasteiger partial charge in [0.05, 0.1) is 19.3 Å². The van der Waals surface area contributed by atoms with Crippen LogP contribution in [0.25, 0.3) is 0 Å². The zero-order valence-electron chi connectivity index (χ0n) is 19.0. The number of anilines is 1. The van der Waals surface area contributed by atoms with E-state index in [0.717, 1.165) is 37.1 Å². The number of hydrogen-bond acceptors (Lipinski definition) is 8. The molecule has 4 N–H and O–H groups in total. The number of benzene rings is 1. The summed E-state index contributed by atoms with van der Waals surface area (Å²) < 4.78 is 28.5. The van der Waals surface area contributed by atoms with Crippen LogP contribution in [0.2, 0.25) is 5.02 Å². The predicted molar refractivity (Wildman–Crippen MR) is 129 cm³/mol. The molecule has 0 spiro atoms. The topological polar surface area (TPSA) is 133 Å². The summed E-state index contributed by atoms with van der Waals surface area (Å²) in [5, 5.41) is 25.1. The molecule has 2 amide bonds. The molecule has 2 heterocycles. The fourth-order valence-corrected chi connectivity index (χ4v) is 4.34. The molecule has 10 nitrogen and oxygen atoms in total. The van der Waals surface area contributed by atoms with Crippen LogP contribution < -0.4 is 15.4 Å². The molecule has 0 bridgehead atoms. The molecule has 1 aromatic carbocycles. The zero-order valence-corrected chi connectivity index (χ0v) is 20.5. The molecular weight excluding hydrogens is 503 g/mol. The van der Waals surface area contributed by atoms with E-state index >= 15 is 0 Å². The van der Waals surface area contributed by atoms with Crippen molar-refractivity contribution in [2.45, 2.75) is 32.0 Å². The van der Waals surface area contributed by atoms with Crippen LogP contribution in [-0.4, -0.2) is 77.0 Å². The van der Waals surface area contributed by atoms with E-state index in [4.69, 9.17) is 21.1 Å². The van der Waals surface area contributed by atoms with Crippen LogP contribution in [0.4, 0.5) is 14.2 Å². The summed E-state index contributed by atoms with van der Waals surface area (Å²) in [4.78, 5) is 26.1.